The second-order valence-corrected chi connectivity index (χ2v) is 6.53. The fourth-order valence-corrected chi connectivity index (χ4v) is 3.04. The summed E-state index contributed by atoms with van der Waals surface area (Å²) in [4.78, 5) is 34.2. The molecule has 9 heteroatoms. The maximum absolute atomic E-state index is 12.2. The number of benzene rings is 1. The number of hydrogen-bond acceptors (Lipinski definition) is 6. The number of nitrogens with zero attached hydrogens (tertiary/aromatic N) is 2. The first-order valence-electron chi connectivity index (χ1n) is 9.01. The van der Waals surface area contributed by atoms with E-state index in [1.165, 1.54) is 24.8 Å². The molecule has 1 aliphatic carbocycles. The van der Waals surface area contributed by atoms with Crippen LogP contribution in [0.15, 0.2) is 45.9 Å². The van der Waals surface area contributed by atoms with Gasteiger partial charge in [-0.1, -0.05) is 19.3 Å². The molecule has 1 aromatic heterocycles. The Balaban J connectivity index is 1.52. The number of carbonyl (C=O) groups excluding carboxylic acids is 2. The number of hydrazone groups is 1. The van der Waals surface area contributed by atoms with Crippen LogP contribution in [0, 0.1) is 16.0 Å². The quantitative estimate of drug-likeness (QED) is 0.448. The molecule has 0 bridgehead atoms. The molecule has 0 saturated heterocycles. The topological polar surface area (TPSA) is 127 Å². The molecule has 0 aliphatic heterocycles. The van der Waals surface area contributed by atoms with E-state index < -0.39 is 16.7 Å². The first kappa shape index (κ1) is 19.3. The summed E-state index contributed by atoms with van der Waals surface area (Å²) >= 11 is 0. The van der Waals surface area contributed by atoms with E-state index in [1.54, 1.807) is 24.3 Å². The summed E-state index contributed by atoms with van der Waals surface area (Å²) < 4.78 is 4.90. The molecule has 0 atom stereocenters. The SMILES string of the molecule is O=C(N/N=C/c1ccc([N+](=O)[O-])o1)c1ccc(NC(=O)C2CCCCC2)cc1. The first-order chi connectivity index (χ1) is 13.5. The Kier molecular flexibility index (Phi) is 6.15. The van der Waals surface area contributed by atoms with Gasteiger partial charge >= 0.3 is 5.88 Å². The van der Waals surface area contributed by atoms with E-state index >= 15 is 0 Å². The third-order valence-corrected chi connectivity index (χ3v) is 4.54. The minimum atomic E-state index is -0.662. The van der Waals surface area contributed by atoms with Gasteiger partial charge in [0.05, 0.1) is 12.3 Å². The second-order valence-electron chi connectivity index (χ2n) is 6.53. The average Bonchev–Trinajstić information content (AvgIpc) is 3.18. The summed E-state index contributed by atoms with van der Waals surface area (Å²) in [6.45, 7) is 0. The van der Waals surface area contributed by atoms with Crippen LogP contribution in [0.5, 0.6) is 0 Å². The van der Waals surface area contributed by atoms with Crippen LogP contribution in [0.25, 0.3) is 0 Å². The van der Waals surface area contributed by atoms with Crippen molar-refractivity contribution >= 4 is 29.6 Å². The predicted molar refractivity (Wildman–Crippen MR) is 102 cm³/mol. The van der Waals surface area contributed by atoms with Gasteiger partial charge in [-0.3, -0.25) is 19.7 Å². The third kappa shape index (κ3) is 5.03. The zero-order chi connectivity index (χ0) is 19.9. The number of nitro groups is 1. The number of anilines is 1. The minimum Gasteiger partial charge on any atom is -0.400 e. The molecule has 1 heterocycles. The molecule has 2 aromatic rings. The second kappa shape index (κ2) is 8.94. The zero-order valence-corrected chi connectivity index (χ0v) is 15.1. The van der Waals surface area contributed by atoms with Crippen molar-refractivity contribution in [2.45, 2.75) is 32.1 Å². The van der Waals surface area contributed by atoms with E-state index in [4.69, 9.17) is 4.42 Å². The summed E-state index contributed by atoms with van der Waals surface area (Å²) in [5, 5.41) is 17.1. The molecule has 9 nitrogen and oxygen atoms in total. The molecule has 146 valence electrons. The number of amides is 2. The van der Waals surface area contributed by atoms with E-state index in [0.717, 1.165) is 25.7 Å². The molecule has 0 radical (unpaired) electrons. The molecular weight excluding hydrogens is 364 g/mol. The van der Waals surface area contributed by atoms with Crippen LogP contribution >= 0.6 is 0 Å². The van der Waals surface area contributed by atoms with Crippen molar-refractivity contribution in [3.8, 4) is 0 Å². The molecule has 0 unspecified atom stereocenters. The van der Waals surface area contributed by atoms with Crippen LogP contribution in [-0.2, 0) is 4.79 Å². The van der Waals surface area contributed by atoms with Crippen LogP contribution in [0.1, 0.15) is 48.2 Å². The average molecular weight is 384 g/mol. The molecule has 1 aromatic carbocycles. The van der Waals surface area contributed by atoms with Crippen LogP contribution in [0.3, 0.4) is 0 Å². The highest BCUT2D eigenvalue weighted by atomic mass is 16.6. The van der Waals surface area contributed by atoms with Gasteiger partial charge in [-0.2, -0.15) is 5.10 Å². The van der Waals surface area contributed by atoms with E-state index in [9.17, 15) is 19.7 Å². The largest absolute Gasteiger partial charge is 0.433 e. The maximum atomic E-state index is 12.2. The highest BCUT2D eigenvalue weighted by molar-refractivity contribution is 5.96. The monoisotopic (exact) mass is 384 g/mol. The van der Waals surface area contributed by atoms with Crippen molar-refractivity contribution in [3.05, 3.63) is 57.8 Å². The summed E-state index contributed by atoms with van der Waals surface area (Å²) in [6, 6.07) is 9.06. The van der Waals surface area contributed by atoms with Gasteiger partial charge < -0.3 is 9.73 Å². The third-order valence-electron chi connectivity index (χ3n) is 4.54. The summed E-state index contributed by atoms with van der Waals surface area (Å²) in [5.41, 5.74) is 3.31. The van der Waals surface area contributed by atoms with Crippen molar-refractivity contribution in [2.75, 3.05) is 5.32 Å². The van der Waals surface area contributed by atoms with Gasteiger partial charge in [-0.25, -0.2) is 5.43 Å². The van der Waals surface area contributed by atoms with Crippen LogP contribution in [0.4, 0.5) is 11.6 Å². The van der Waals surface area contributed by atoms with Crippen LogP contribution in [0.2, 0.25) is 0 Å². The van der Waals surface area contributed by atoms with Crippen LogP contribution in [-0.4, -0.2) is 23.0 Å². The Morgan fingerprint density at radius 3 is 2.46 bits per heavy atom. The highest BCUT2D eigenvalue weighted by Crippen LogP contribution is 2.25. The first-order valence-corrected chi connectivity index (χ1v) is 9.01. The Morgan fingerprint density at radius 2 is 1.82 bits per heavy atom. The molecule has 3 rings (SSSR count). The Labute approximate surface area is 161 Å². The standard InChI is InChI=1S/C19H20N4O5/c24-18(13-4-2-1-3-5-13)21-15-8-6-14(7-9-15)19(25)22-20-12-16-10-11-17(28-16)23(26)27/h6-13H,1-5H2,(H,21,24)(H,22,25)/b20-12+. The van der Waals surface area contributed by atoms with Crippen molar-refractivity contribution in [2.24, 2.45) is 11.0 Å². The number of carbonyl (C=O) groups is 2. The maximum Gasteiger partial charge on any atom is 0.433 e. The molecule has 28 heavy (non-hydrogen) atoms. The van der Waals surface area contributed by atoms with Crippen molar-refractivity contribution in [3.63, 3.8) is 0 Å². The molecule has 1 fully saturated rings. The van der Waals surface area contributed by atoms with E-state index in [1.807, 2.05) is 0 Å². The van der Waals surface area contributed by atoms with E-state index in [0.29, 0.717) is 11.3 Å². The molecule has 0 spiro atoms. The predicted octanol–water partition coefficient (Wildman–Crippen LogP) is 3.47. The number of hydrogen-bond donors (Lipinski definition) is 2. The van der Waals surface area contributed by atoms with Gasteiger partial charge in [0, 0.05) is 17.2 Å². The van der Waals surface area contributed by atoms with Gasteiger partial charge in [0.2, 0.25) is 5.91 Å². The summed E-state index contributed by atoms with van der Waals surface area (Å²) in [5.74, 6) is -0.633. The molecule has 1 aliphatic rings. The Morgan fingerprint density at radius 1 is 1.11 bits per heavy atom. The lowest BCUT2D eigenvalue weighted by Gasteiger charge is -2.20. The van der Waals surface area contributed by atoms with Gasteiger partial charge in [-0.15, -0.1) is 0 Å². The lowest BCUT2D eigenvalue weighted by Crippen LogP contribution is -2.24. The lowest BCUT2D eigenvalue weighted by atomic mass is 9.88. The molecular formula is C19H20N4O5. The normalized spacial score (nSPS) is 14.7. The summed E-state index contributed by atoms with van der Waals surface area (Å²) in [6.07, 6.45) is 6.37. The smallest absolute Gasteiger partial charge is 0.400 e. The van der Waals surface area contributed by atoms with E-state index in [-0.39, 0.29) is 17.6 Å². The number of nitrogens with one attached hydrogen (secondary N) is 2. The number of furan rings is 1. The minimum absolute atomic E-state index is 0.0223. The fourth-order valence-electron chi connectivity index (χ4n) is 3.04. The lowest BCUT2D eigenvalue weighted by molar-refractivity contribution is -0.402. The van der Waals surface area contributed by atoms with Gasteiger partial charge in [0.1, 0.15) is 4.92 Å². The van der Waals surface area contributed by atoms with Crippen LogP contribution < -0.4 is 10.7 Å². The fraction of sp³-hybridized carbons (Fsp3) is 0.316. The van der Waals surface area contributed by atoms with Crippen molar-refractivity contribution in [1.82, 2.24) is 5.43 Å². The molecule has 2 amide bonds. The van der Waals surface area contributed by atoms with Gasteiger partial charge in [-0.05, 0) is 43.2 Å². The zero-order valence-electron chi connectivity index (χ0n) is 15.1. The molecule has 1 saturated carbocycles. The molecule has 2 N–H and O–H groups in total. The van der Waals surface area contributed by atoms with E-state index in [2.05, 4.69) is 15.8 Å². The number of rotatable bonds is 6. The Hall–Kier alpha value is -3.49. The van der Waals surface area contributed by atoms with Gasteiger partial charge in [0.15, 0.2) is 5.76 Å². The van der Waals surface area contributed by atoms with Gasteiger partial charge in [0.25, 0.3) is 5.91 Å². The highest BCUT2D eigenvalue weighted by Gasteiger charge is 2.21. The Bertz CT molecular complexity index is 882. The van der Waals surface area contributed by atoms with Crippen molar-refractivity contribution < 1.29 is 18.9 Å². The van der Waals surface area contributed by atoms with Crippen molar-refractivity contribution in [1.29, 1.82) is 0 Å². The summed E-state index contributed by atoms with van der Waals surface area (Å²) in [7, 11) is 0.